The predicted octanol–water partition coefficient (Wildman–Crippen LogP) is 2.72. The van der Waals surface area contributed by atoms with Crippen LogP contribution in [0.3, 0.4) is 0 Å². The highest BCUT2D eigenvalue weighted by Crippen LogP contribution is 2.31. The first-order chi connectivity index (χ1) is 7.16. The highest BCUT2D eigenvalue weighted by atomic mass is 16.4. The first-order valence-electron chi connectivity index (χ1n) is 4.82. The summed E-state index contributed by atoms with van der Waals surface area (Å²) in [6.45, 7) is 1.94. The lowest BCUT2D eigenvalue weighted by Crippen LogP contribution is -2.07. The predicted molar refractivity (Wildman–Crippen MR) is 55.5 cm³/mol. The van der Waals surface area contributed by atoms with Crippen LogP contribution in [0.1, 0.15) is 25.0 Å². The van der Waals surface area contributed by atoms with Crippen LogP contribution in [0.15, 0.2) is 46.1 Å². The first kappa shape index (κ1) is 9.77. The first-order valence-corrected chi connectivity index (χ1v) is 4.82. The van der Waals surface area contributed by atoms with Crippen molar-refractivity contribution in [1.29, 1.82) is 0 Å². The van der Waals surface area contributed by atoms with Gasteiger partial charge >= 0.3 is 5.97 Å². The average molecular weight is 204 g/mol. The number of rotatable bonds is 2. The zero-order valence-electron chi connectivity index (χ0n) is 8.43. The summed E-state index contributed by atoms with van der Waals surface area (Å²) in [6.07, 6.45) is 5.89. The van der Waals surface area contributed by atoms with Crippen molar-refractivity contribution in [3.63, 3.8) is 0 Å². The van der Waals surface area contributed by atoms with E-state index in [1.165, 1.54) is 0 Å². The summed E-state index contributed by atoms with van der Waals surface area (Å²) in [5.41, 5.74) is 1.41. The molecule has 0 saturated carbocycles. The van der Waals surface area contributed by atoms with Gasteiger partial charge in [-0.25, -0.2) is 4.79 Å². The second-order valence-corrected chi connectivity index (χ2v) is 3.74. The van der Waals surface area contributed by atoms with Gasteiger partial charge in [0, 0.05) is 5.92 Å². The molecule has 15 heavy (non-hydrogen) atoms. The molecule has 0 radical (unpaired) electrons. The van der Waals surface area contributed by atoms with E-state index in [1.807, 2.05) is 19.1 Å². The average Bonchev–Trinajstić information content (AvgIpc) is 2.69. The molecule has 1 aliphatic carbocycles. The molecule has 78 valence electrons. The van der Waals surface area contributed by atoms with Gasteiger partial charge < -0.3 is 9.52 Å². The molecule has 1 aromatic rings. The molecule has 3 nitrogen and oxygen atoms in total. The van der Waals surface area contributed by atoms with E-state index < -0.39 is 5.97 Å². The number of hydrogen-bond acceptors (Lipinski definition) is 2. The molecule has 0 aromatic carbocycles. The van der Waals surface area contributed by atoms with Crippen LogP contribution in [0.5, 0.6) is 0 Å². The van der Waals surface area contributed by atoms with E-state index in [-0.39, 0.29) is 5.92 Å². The maximum absolute atomic E-state index is 10.9. The Balaban J connectivity index is 2.31. The van der Waals surface area contributed by atoms with Crippen LogP contribution in [-0.2, 0) is 4.79 Å². The number of carbonyl (C=O) groups is 1. The largest absolute Gasteiger partial charge is 0.478 e. The SMILES string of the molecule is CC1=CC(C(=O)O)=CC(c2ccco2)C1. The lowest BCUT2D eigenvalue weighted by molar-refractivity contribution is -0.132. The molecule has 0 bridgehead atoms. The number of allylic oxidation sites excluding steroid dienone is 2. The van der Waals surface area contributed by atoms with Crippen LogP contribution in [0.4, 0.5) is 0 Å². The number of carboxylic acids is 1. The Morgan fingerprint density at radius 1 is 1.60 bits per heavy atom. The van der Waals surface area contributed by atoms with E-state index in [2.05, 4.69) is 0 Å². The fourth-order valence-electron chi connectivity index (χ4n) is 1.81. The lowest BCUT2D eigenvalue weighted by Gasteiger charge is -2.16. The molecule has 1 aliphatic rings. The third-order valence-corrected chi connectivity index (χ3v) is 2.48. The van der Waals surface area contributed by atoms with Crippen molar-refractivity contribution >= 4 is 5.97 Å². The number of aliphatic carboxylic acids is 1. The topological polar surface area (TPSA) is 50.4 Å². The van der Waals surface area contributed by atoms with Crippen molar-refractivity contribution < 1.29 is 14.3 Å². The van der Waals surface area contributed by atoms with Crippen LogP contribution in [0.25, 0.3) is 0 Å². The van der Waals surface area contributed by atoms with E-state index >= 15 is 0 Å². The van der Waals surface area contributed by atoms with E-state index in [0.717, 1.165) is 17.8 Å². The van der Waals surface area contributed by atoms with Crippen molar-refractivity contribution in [2.75, 3.05) is 0 Å². The zero-order valence-corrected chi connectivity index (χ0v) is 8.43. The fourth-order valence-corrected chi connectivity index (χ4v) is 1.81. The molecule has 0 spiro atoms. The van der Waals surface area contributed by atoms with E-state index in [0.29, 0.717) is 5.57 Å². The summed E-state index contributed by atoms with van der Waals surface area (Å²) in [4.78, 5) is 10.9. The van der Waals surface area contributed by atoms with Crippen molar-refractivity contribution in [3.8, 4) is 0 Å². The minimum atomic E-state index is -0.884. The van der Waals surface area contributed by atoms with Gasteiger partial charge in [0.1, 0.15) is 5.76 Å². The minimum absolute atomic E-state index is 0.0519. The van der Waals surface area contributed by atoms with Crippen LogP contribution < -0.4 is 0 Å². The van der Waals surface area contributed by atoms with Crippen molar-refractivity contribution in [2.24, 2.45) is 0 Å². The Morgan fingerprint density at radius 2 is 2.40 bits per heavy atom. The van der Waals surface area contributed by atoms with E-state index in [1.54, 1.807) is 18.4 Å². The standard InChI is InChI=1S/C12H12O3/c1-8-5-9(11-3-2-4-15-11)7-10(6-8)12(13)14/h2-4,6-7,9H,5H2,1H3,(H,13,14). The zero-order chi connectivity index (χ0) is 10.8. The summed E-state index contributed by atoms with van der Waals surface area (Å²) < 4.78 is 5.28. The second-order valence-electron chi connectivity index (χ2n) is 3.74. The Labute approximate surface area is 87.7 Å². The lowest BCUT2D eigenvalue weighted by atomic mass is 9.89. The third kappa shape index (κ3) is 2.01. The van der Waals surface area contributed by atoms with Gasteiger partial charge in [-0.1, -0.05) is 11.6 Å². The Morgan fingerprint density at radius 3 is 3.00 bits per heavy atom. The monoisotopic (exact) mass is 204 g/mol. The van der Waals surface area contributed by atoms with E-state index in [9.17, 15) is 4.79 Å². The van der Waals surface area contributed by atoms with Crippen molar-refractivity contribution in [2.45, 2.75) is 19.3 Å². The van der Waals surface area contributed by atoms with Gasteiger partial charge in [0.2, 0.25) is 0 Å². The maximum Gasteiger partial charge on any atom is 0.335 e. The van der Waals surface area contributed by atoms with Gasteiger partial charge in [0.05, 0.1) is 11.8 Å². The quantitative estimate of drug-likeness (QED) is 0.805. The summed E-state index contributed by atoms with van der Waals surface area (Å²) in [5, 5.41) is 8.93. The van der Waals surface area contributed by atoms with Crippen molar-refractivity contribution in [1.82, 2.24) is 0 Å². The molecule has 0 aliphatic heterocycles. The molecule has 1 unspecified atom stereocenters. The molecule has 0 fully saturated rings. The van der Waals surface area contributed by atoms with Crippen LogP contribution in [-0.4, -0.2) is 11.1 Å². The second kappa shape index (κ2) is 3.77. The molecule has 2 rings (SSSR count). The summed E-state index contributed by atoms with van der Waals surface area (Å²) in [7, 11) is 0. The number of hydrogen-bond donors (Lipinski definition) is 1. The van der Waals surface area contributed by atoms with Gasteiger partial charge in [-0.2, -0.15) is 0 Å². The number of furan rings is 1. The summed E-state index contributed by atoms with van der Waals surface area (Å²) in [6, 6.07) is 3.69. The van der Waals surface area contributed by atoms with Gasteiger partial charge in [-0.05, 0) is 31.6 Å². The minimum Gasteiger partial charge on any atom is -0.478 e. The van der Waals surface area contributed by atoms with Crippen LogP contribution in [0, 0.1) is 0 Å². The molecular weight excluding hydrogens is 192 g/mol. The Bertz CT molecular complexity index is 424. The Hall–Kier alpha value is -1.77. The van der Waals surface area contributed by atoms with E-state index in [4.69, 9.17) is 9.52 Å². The third-order valence-electron chi connectivity index (χ3n) is 2.48. The highest BCUT2D eigenvalue weighted by molar-refractivity contribution is 5.90. The number of carboxylic acid groups (broad SMARTS) is 1. The van der Waals surface area contributed by atoms with Crippen LogP contribution in [0.2, 0.25) is 0 Å². The smallest absolute Gasteiger partial charge is 0.335 e. The molecule has 1 N–H and O–H groups in total. The highest BCUT2D eigenvalue weighted by Gasteiger charge is 2.19. The van der Waals surface area contributed by atoms with Gasteiger partial charge in [-0.3, -0.25) is 0 Å². The molecule has 1 atom stereocenters. The molecule has 0 saturated heterocycles. The maximum atomic E-state index is 10.9. The molecule has 1 aromatic heterocycles. The normalized spacial score (nSPS) is 20.7. The molecule has 0 amide bonds. The van der Waals surface area contributed by atoms with Gasteiger partial charge in [0.15, 0.2) is 0 Å². The fraction of sp³-hybridized carbons (Fsp3) is 0.250. The molecular formula is C12H12O3. The summed E-state index contributed by atoms with van der Waals surface area (Å²) >= 11 is 0. The molecule has 1 heterocycles. The molecule has 3 heteroatoms. The van der Waals surface area contributed by atoms with Gasteiger partial charge in [-0.15, -0.1) is 0 Å². The Kier molecular flexibility index (Phi) is 2.46. The summed E-state index contributed by atoms with van der Waals surface area (Å²) in [5.74, 6) is -0.0112. The van der Waals surface area contributed by atoms with Crippen LogP contribution >= 0.6 is 0 Å². The van der Waals surface area contributed by atoms with Gasteiger partial charge in [0.25, 0.3) is 0 Å². The van der Waals surface area contributed by atoms with Crippen molar-refractivity contribution in [3.05, 3.63) is 47.5 Å².